The highest BCUT2D eigenvalue weighted by atomic mass is 16.6. The van der Waals surface area contributed by atoms with Crippen LogP contribution in [-0.4, -0.2) is 45.2 Å². The number of carboxylic acids is 1. The van der Waals surface area contributed by atoms with Crippen molar-refractivity contribution in [2.45, 2.75) is 45.0 Å². The van der Waals surface area contributed by atoms with Gasteiger partial charge in [-0.3, -0.25) is 14.5 Å². The van der Waals surface area contributed by atoms with Crippen molar-refractivity contribution in [1.29, 1.82) is 0 Å². The Labute approximate surface area is 152 Å². The van der Waals surface area contributed by atoms with E-state index < -0.39 is 29.7 Å². The number of carbonyl (C=O) groups excluding carboxylic acids is 1. The van der Waals surface area contributed by atoms with E-state index in [-0.39, 0.29) is 5.97 Å². The minimum atomic E-state index is -1.00. The Kier molecular flexibility index (Phi) is 4.77. The third kappa shape index (κ3) is 3.59. The maximum absolute atomic E-state index is 12.4. The van der Waals surface area contributed by atoms with Crippen LogP contribution in [0.1, 0.15) is 38.9 Å². The Morgan fingerprint density at radius 1 is 1.35 bits per heavy atom. The molecule has 1 saturated heterocycles. The SMILES string of the molecule is CC(C)(C)OC(=O)[C@H]1CCN([C@H](C(=O)O)c2cc3ccccc3[nH]2)[C@@H]1N. The van der Waals surface area contributed by atoms with Gasteiger partial charge in [0.25, 0.3) is 0 Å². The first-order valence-electron chi connectivity index (χ1n) is 8.72. The van der Waals surface area contributed by atoms with E-state index in [1.165, 1.54) is 0 Å². The molecule has 0 saturated carbocycles. The number of aromatic nitrogens is 1. The molecule has 0 aliphatic carbocycles. The summed E-state index contributed by atoms with van der Waals surface area (Å²) < 4.78 is 5.43. The van der Waals surface area contributed by atoms with Gasteiger partial charge in [0, 0.05) is 17.8 Å². The van der Waals surface area contributed by atoms with E-state index in [0.717, 1.165) is 10.9 Å². The van der Waals surface area contributed by atoms with Gasteiger partial charge in [0.1, 0.15) is 11.6 Å². The lowest BCUT2D eigenvalue weighted by atomic mass is 10.1. The molecule has 0 amide bonds. The fourth-order valence-corrected chi connectivity index (χ4v) is 3.47. The molecule has 1 aliphatic heterocycles. The second kappa shape index (κ2) is 6.74. The number of benzene rings is 1. The number of hydrogen-bond acceptors (Lipinski definition) is 5. The van der Waals surface area contributed by atoms with Crippen LogP contribution in [0.4, 0.5) is 0 Å². The Bertz CT molecular complexity index is 791. The molecule has 1 fully saturated rings. The fraction of sp³-hybridized carbons (Fsp3) is 0.474. The molecule has 2 aromatic rings. The maximum Gasteiger partial charge on any atom is 0.327 e. The van der Waals surface area contributed by atoms with Gasteiger partial charge in [0.15, 0.2) is 0 Å². The van der Waals surface area contributed by atoms with Crippen LogP contribution in [0.3, 0.4) is 0 Å². The van der Waals surface area contributed by atoms with Gasteiger partial charge in [0.2, 0.25) is 0 Å². The number of nitrogens with two attached hydrogens (primary N) is 1. The summed E-state index contributed by atoms with van der Waals surface area (Å²) in [6.07, 6.45) is -0.238. The predicted octanol–water partition coefficient (Wildman–Crippen LogP) is 2.24. The summed E-state index contributed by atoms with van der Waals surface area (Å²) >= 11 is 0. The van der Waals surface area contributed by atoms with Crippen molar-refractivity contribution < 1.29 is 19.4 Å². The third-order valence-corrected chi connectivity index (χ3v) is 4.61. The fourth-order valence-electron chi connectivity index (χ4n) is 3.47. The van der Waals surface area contributed by atoms with Gasteiger partial charge in [-0.1, -0.05) is 18.2 Å². The number of para-hydroxylation sites is 1. The molecule has 1 aromatic heterocycles. The number of likely N-dealkylation sites (tertiary alicyclic amines) is 1. The van der Waals surface area contributed by atoms with E-state index in [2.05, 4.69) is 4.98 Å². The molecule has 0 unspecified atom stereocenters. The normalized spacial score (nSPS) is 22.5. The summed E-state index contributed by atoms with van der Waals surface area (Å²) in [7, 11) is 0. The first-order chi connectivity index (χ1) is 12.2. The molecule has 2 heterocycles. The molecule has 7 nitrogen and oxygen atoms in total. The number of H-pyrrole nitrogens is 1. The Balaban J connectivity index is 1.85. The van der Waals surface area contributed by atoms with Crippen molar-refractivity contribution in [3.63, 3.8) is 0 Å². The van der Waals surface area contributed by atoms with Crippen molar-refractivity contribution in [1.82, 2.24) is 9.88 Å². The molecular formula is C19H25N3O4. The van der Waals surface area contributed by atoms with Crippen molar-refractivity contribution in [2.75, 3.05) is 6.54 Å². The summed E-state index contributed by atoms with van der Waals surface area (Å²) in [6.45, 7) is 5.81. The number of aliphatic carboxylic acids is 1. The number of carbonyl (C=O) groups is 2. The minimum absolute atomic E-state index is 0.381. The number of carboxylic acid groups (broad SMARTS) is 1. The predicted molar refractivity (Wildman–Crippen MR) is 97.3 cm³/mol. The topological polar surface area (TPSA) is 109 Å². The number of esters is 1. The Morgan fingerprint density at radius 3 is 2.65 bits per heavy atom. The highest BCUT2D eigenvalue weighted by Gasteiger charge is 2.44. The second-order valence-electron chi connectivity index (χ2n) is 7.71. The monoisotopic (exact) mass is 359 g/mol. The van der Waals surface area contributed by atoms with Crippen molar-refractivity contribution in [2.24, 2.45) is 11.7 Å². The quantitative estimate of drug-likeness (QED) is 0.723. The lowest BCUT2D eigenvalue weighted by molar-refractivity contribution is -0.161. The standard InChI is InChI=1S/C19H25N3O4/c1-19(2,3)26-18(25)12-8-9-22(16(12)20)15(17(23)24)14-10-11-6-4-5-7-13(11)21-14/h4-7,10,12,15-16,21H,8-9,20H2,1-3H3,(H,23,24)/t12-,15-,16-/m0/s1. The van der Waals surface area contributed by atoms with Crippen LogP contribution in [-0.2, 0) is 14.3 Å². The Hall–Kier alpha value is -2.38. The molecule has 1 aliphatic rings. The summed E-state index contributed by atoms with van der Waals surface area (Å²) in [6, 6.07) is 8.48. The van der Waals surface area contributed by atoms with Crippen LogP contribution >= 0.6 is 0 Å². The number of aromatic amines is 1. The molecule has 140 valence electrons. The molecule has 0 radical (unpaired) electrons. The van der Waals surface area contributed by atoms with Crippen LogP contribution in [0.15, 0.2) is 30.3 Å². The summed E-state index contributed by atoms with van der Waals surface area (Å²) in [5.74, 6) is -1.93. The Morgan fingerprint density at radius 2 is 2.04 bits per heavy atom. The molecule has 0 bridgehead atoms. The lowest BCUT2D eigenvalue weighted by Gasteiger charge is -2.30. The average molecular weight is 359 g/mol. The minimum Gasteiger partial charge on any atom is -0.480 e. The van der Waals surface area contributed by atoms with E-state index in [1.54, 1.807) is 25.7 Å². The van der Waals surface area contributed by atoms with Crippen LogP contribution in [0, 0.1) is 5.92 Å². The largest absolute Gasteiger partial charge is 0.480 e. The number of ether oxygens (including phenoxy) is 1. The van der Waals surface area contributed by atoms with Gasteiger partial charge in [0.05, 0.1) is 12.1 Å². The molecule has 26 heavy (non-hydrogen) atoms. The molecule has 1 aromatic carbocycles. The zero-order chi connectivity index (χ0) is 19.1. The number of rotatable bonds is 4. The molecule has 7 heteroatoms. The van der Waals surface area contributed by atoms with Crippen molar-refractivity contribution in [3.8, 4) is 0 Å². The zero-order valence-electron chi connectivity index (χ0n) is 15.2. The molecule has 4 N–H and O–H groups in total. The van der Waals surface area contributed by atoms with Crippen molar-refractivity contribution in [3.05, 3.63) is 36.0 Å². The molecule has 0 spiro atoms. The molecule has 3 rings (SSSR count). The van der Waals surface area contributed by atoms with Gasteiger partial charge in [-0.05, 0) is 44.7 Å². The summed E-state index contributed by atoms with van der Waals surface area (Å²) in [5.41, 5.74) is 7.08. The highest BCUT2D eigenvalue weighted by Crippen LogP contribution is 2.33. The summed E-state index contributed by atoms with van der Waals surface area (Å²) in [4.78, 5) is 29.2. The third-order valence-electron chi connectivity index (χ3n) is 4.61. The van der Waals surface area contributed by atoms with E-state index in [0.29, 0.717) is 18.7 Å². The number of hydrogen-bond donors (Lipinski definition) is 3. The van der Waals surface area contributed by atoms with E-state index in [4.69, 9.17) is 10.5 Å². The van der Waals surface area contributed by atoms with Crippen LogP contribution in [0.5, 0.6) is 0 Å². The summed E-state index contributed by atoms with van der Waals surface area (Å²) in [5, 5.41) is 10.7. The van der Waals surface area contributed by atoms with Gasteiger partial charge in [-0.2, -0.15) is 0 Å². The maximum atomic E-state index is 12.4. The average Bonchev–Trinajstić information content (AvgIpc) is 3.10. The van der Waals surface area contributed by atoms with E-state index in [1.807, 2.05) is 30.3 Å². The van der Waals surface area contributed by atoms with Gasteiger partial charge >= 0.3 is 11.9 Å². The first-order valence-corrected chi connectivity index (χ1v) is 8.72. The van der Waals surface area contributed by atoms with Gasteiger partial charge in [-0.15, -0.1) is 0 Å². The molecule has 3 atom stereocenters. The number of nitrogens with one attached hydrogen (secondary N) is 1. The number of fused-ring (bicyclic) bond motifs is 1. The first kappa shape index (κ1) is 18.4. The number of nitrogens with zero attached hydrogens (tertiary/aromatic N) is 1. The molecular weight excluding hydrogens is 334 g/mol. The zero-order valence-corrected chi connectivity index (χ0v) is 15.2. The van der Waals surface area contributed by atoms with Crippen molar-refractivity contribution >= 4 is 22.8 Å². The van der Waals surface area contributed by atoms with Gasteiger partial charge < -0.3 is 20.6 Å². The van der Waals surface area contributed by atoms with E-state index in [9.17, 15) is 14.7 Å². The second-order valence-corrected chi connectivity index (χ2v) is 7.71. The van der Waals surface area contributed by atoms with Crippen LogP contribution < -0.4 is 5.73 Å². The van der Waals surface area contributed by atoms with Crippen LogP contribution in [0.25, 0.3) is 10.9 Å². The smallest absolute Gasteiger partial charge is 0.327 e. The lowest BCUT2D eigenvalue weighted by Crippen LogP contribution is -2.47. The van der Waals surface area contributed by atoms with Crippen LogP contribution in [0.2, 0.25) is 0 Å². The highest BCUT2D eigenvalue weighted by molar-refractivity contribution is 5.84. The van der Waals surface area contributed by atoms with Gasteiger partial charge in [-0.25, -0.2) is 0 Å². The van der Waals surface area contributed by atoms with E-state index >= 15 is 0 Å².